The number of nitrogens with zero attached hydrogens (tertiary/aromatic N) is 3. The maximum absolute atomic E-state index is 13.9. The Morgan fingerprint density at radius 2 is 2.15 bits per heavy atom. The minimum Gasteiger partial charge on any atom is -0.334 e. The molecule has 26 heavy (non-hydrogen) atoms. The number of fused-ring (bicyclic) bond motifs is 1. The van der Waals surface area contributed by atoms with Crippen LogP contribution in [-0.2, 0) is 11.2 Å². The van der Waals surface area contributed by atoms with Crippen molar-refractivity contribution in [3.05, 3.63) is 70.2 Å². The van der Waals surface area contributed by atoms with E-state index in [1.165, 1.54) is 16.5 Å². The molecule has 4 rings (SSSR count). The first-order chi connectivity index (χ1) is 12.6. The molecule has 3 heterocycles. The number of carbonyl (C=O) groups is 1. The highest BCUT2D eigenvalue weighted by atomic mass is 19.1. The predicted octanol–water partition coefficient (Wildman–Crippen LogP) is 2.46. The summed E-state index contributed by atoms with van der Waals surface area (Å²) in [5.41, 5.74) is 0.882. The van der Waals surface area contributed by atoms with Gasteiger partial charge in [-0.15, -0.1) is 0 Å². The topological polar surface area (TPSA) is 70.5 Å². The first kappa shape index (κ1) is 16.5. The third-order valence-electron chi connectivity index (χ3n) is 4.89. The number of hydrogen-bond acceptors (Lipinski definition) is 3. The van der Waals surface area contributed by atoms with Crippen molar-refractivity contribution in [2.75, 3.05) is 6.54 Å². The van der Waals surface area contributed by atoms with Crippen LogP contribution >= 0.6 is 0 Å². The second-order valence-electron chi connectivity index (χ2n) is 6.55. The first-order valence-corrected chi connectivity index (χ1v) is 8.72. The molecular weight excluding hydrogens is 335 g/mol. The number of carbonyl (C=O) groups excluding carboxylic acids is 1. The normalized spacial score (nSPS) is 17.6. The molecule has 1 saturated heterocycles. The SMILES string of the molecule is O=C(Cc1ccccc1F)N1CCCCC1c1cc(=O)n2ccnc2[nH]1. The lowest BCUT2D eigenvalue weighted by atomic mass is 9.98. The monoisotopic (exact) mass is 354 g/mol. The third-order valence-corrected chi connectivity index (χ3v) is 4.89. The number of rotatable bonds is 3. The number of piperidine rings is 1. The zero-order valence-electron chi connectivity index (χ0n) is 14.2. The van der Waals surface area contributed by atoms with Crippen molar-refractivity contribution in [1.82, 2.24) is 19.3 Å². The van der Waals surface area contributed by atoms with E-state index in [-0.39, 0.29) is 29.7 Å². The molecule has 1 aliphatic heterocycles. The summed E-state index contributed by atoms with van der Waals surface area (Å²) in [5, 5.41) is 0. The van der Waals surface area contributed by atoms with Crippen molar-refractivity contribution in [3.63, 3.8) is 0 Å². The Balaban J connectivity index is 1.64. The number of imidazole rings is 1. The lowest BCUT2D eigenvalue weighted by Crippen LogP contribution is -2.40. The molecule has 0 radical (unpaired) electrons. The largest absolute Gasteiger partial charge is 0.334 e. The zero-order chi connectivity index (χ0) is 18.1. The number of nitrogens with one attached hydrogen (secondary N) is 1. The summed E-state index contributed by atoms with van der Waals surface area (Å²) in [7, 11) is 0. The number of amides is 1. The van der Waals surface area contributed by atoms with Gasteiger partial charge in [0.15, 0.2) is 0 Å². The van der Waals surface area contributed by atoms with Crippen LogP contribution in [0.4, 0.5) is 4.39 Å². The summed E-state index contributed by atoms with van der Waals surface area (Å²) >= 11 is 0. The maximum atomic E-state index is 13.9. The van der Waals surface area contributed by atoms with E-state index in [2.05, 4.69) is 9.97 Å². The smallest absolute Gasteiger partial charge is 0.259 e. The average molecular weight is 354 g/mol. The summed E-state index contributed by atoms with van der Waals surface area (Å²) in [5.74, 6) is -0.0509. The number of halogens is 1. The molecule has 6 nitrogen and oxygen atoms in total. The Labute approximate surface area is 149 Å². The molecule has 1 N–H and O–H groups in total. The van der Waals surface area contributed by atoms with Gasteiger partial charge in [-0.3, -0.25) is 14.0 Å². The number of aromatic amines is 1. The molecular formula is C19H19FN4O2. The molecule has 1 aliphatic rings. The van der Waals surface area contributed by atoms with Crippen LogP contribution in [0.5, 0.6) is 0 Å². The van der Waals surface area contributed by atoms with E-state index in [0.29, 0.717) is 23.6 Å². The molecule has 3 aromatic rings. The van der Waals surface area contributed by atoms with Gasteiger partial charge in [0.05, 0.1) is 12.5 Å². The highest BCUT2D eigenvalue weighted by molar-refractivity contribution is 5.79. The fraction of sp³-hybridized carbons (Fsp3) is 0.316. The molecule has 134 valence electrons. The number of H-pyrrole nitrogens is 1. The van der Waals surface area contributed by atoms with Gasteiger partial charge in [-0.2, -0.15) is 0 Å². The van der Waals surface area contributed by atoms with Crippen molar-refractivity contribution in [2.24, 2.45) is 0 Å². The lowest BCUT2D eigenvalue weighted by Gasteiger charge is -2.36. The molecule has 2 aromatic heterocycles. The molecule has 1 amide bonds. The van der Waals surface area contributed by atoms with Crippen molar-refractivity contribution in [3.8, 4) is 0 Å². The predicted molar refractivity (Wildman–Crippen MR) is 94.2 cm³/mol. The third kappa shape index (κ3) is 3.00. The first-order valence-electron chi connectivity index (χ1n) is 8.72. The van der Waals surface area contributed by atoms with Crippen LogP contribution in [0.25, 0.3) is 5.78 Å². The molecule has 1 unspecified atom stereocenters. The Hall–Kier alpha value is -2.96. The van der Waals surface area contributed by atoms with Gasteiger partial charge in [0.2, 0.25) is 11.7 Å². The summed E-state index contributed by atoms with van der Waals surface area (Å²) in [4.78, 5) is 34.2. The number of benzene rings is 1. The maximum Gasteiger partial charge on any atom is 0.259 e. The van der Waals surface area contributed by atoms with Crippen LogP contribution in [0.1, 0.15) is 36.6 Å². The van der Waals surface area contributed by atoms with Crippen LogP contribution in [0.3, 0.4) is 0 Å². The van der Waals surface area contributed by atoms with Crippen molar-refractivity contribution >= 4 is 11.7 Å². The van der Waals surface area contributed by atoms with Crippen molar-refractivity contribution in [2.45, 2.75) is 31.7 Å². The van der Waals surface area contributed by atoms with Crippen molar-refractivity contribution in [1.29, 1.82) is 0 Å². The summed E-state index contributed by atoms with van der Waals surface area (Å²) in [6, 6.07) is 7.62. The highest BCUT2D eigenvalue weighted by Gasteiger charge is 2.29. The second-order valence-corrected chi connectivity index (χ2v) is 6.55. The van der Waals surface area contributed by atoms with Gasteiger partial charge in [0.25, 0.3) is 5.56 Å². The molecule has 1 fully saturated rings. The fourth-order valence-corrected chi connectivity index (χ4v) is 3.58. The quantitative estimate of drug-likeness (QED) is 0.785. The highest BCUT2D eigenvalue weighted by Crippen LogP contribution is 2.30. The number of hydrogen-bond donors (Lipinski definition) is 1. The van der Waals surface area contributed by atoms with E-state index in [9.17, 15) is 14.0 Å². The van der Waals surface area contributed by atoms with Gasteiger partial charge in [-0.1, -0.05) is 18.2 Å². The van der Waals surface area contributed by atoms with Crippen LogP contribution in [-0.4, -0.2) is 31.7 Å². The van der Waals surface area contributed by atoms with E-state index in [1.807, 2.05) is 0 Å². The zero-order valence-corrected chi connectivity index (χ0v) is 14.2. The number of likely N-dealkylation sites (tertiary alicyclic amines) is 1. The molecule has 1 atom stereocenters. The summed E-state index contributed by atoms with van der Waals surface area (Å²) in [6.07, 6.45) is 5.79. The molecule has 0 aliphatic carbocycles. The van der Waals surface area contributed by atoms with E-state index in [4.69, 9.17) is 0 Å². The second kappa shape index (κ2) is 6.74. The summed E-state index contributed by atoms with van der Waals surface area (Å²) < 4.78 is 15.3. The fourth-order valence-electron chi connectivity index (χ4n) is 3.58. The van der Waals surface area contributed by atoms with Gasteiger partial charge in [-0.25, -0.2) is 9.37 Å². The Bertz CT molecular complexity index is 1010. The van der Waals surface area contributed by atoms with E-state index >= 15 is 0 Å². The minimum atomic E-state index is -0.373. The molecule has 0 bridgehead atoms. The Kier molecular flexibility index (Phi) is 4.28. The van der Waals surface area contributed by atoms with Crippen LogP contribution in [0.15, 0.2) is 47.5 Å². The standard InChI is InChI=1S/C19H19FN4O2/c20-14-6-2-1-5-13(14)11-17(25)23-9-4-3-7-16(23)15-12-18(26)24-10-8-21-19(24)22-15/h1-2,5-6,8,10,12,16H,3-4,7,9,11H2,(H,21,22). The minimum absolute atomic E-state index is 0.0129. The summed E-state index contributed by atoms with van der Waals surface area (Å²) in [6.45, 7) is 0.597. The van der Waals surface area contributed by atoms with Gasteiger partial charge in [0.1, 0.15) is 5.82 Å². The van der Waals surface area contributed by atoms with E-state index in [0.717, 1.165) is 19.3 Å². The van der Waals surface area contributed by atoms with Gasteiger partial charge in [0, 0.05) is 30.7 Å². The van der Waals surface area contributed by atoms with Crippen molar-refractivity contribution < 1.29 is 9.18 Å². The molecule has 7 heteroatoms. The lowest BCUT2D eigenvalue weighted by molar-refractivity contribution is -0.134. The Morgan fingerprint density at radius 3 is 3.00 bits per heavy atom. The van der Waals surface area contributed by atoms with Crippen LogP contribution < -0.4 is 5.56 Å². The Morgan fingerprint density at radius 1 is 1.31 bits per heavy atom. The molecule has 1 aromatic carbocycles. The average Bonchev–Trinajstić information content (AvgIpc) is 3.13. The van der Waals surface area contributed by atoms with Gasteiger partial charge < -0.3 is 9.88 Å². The van der Waals surface area contributed by atoms with Crippen LogP contribution in [0, 0.1) is 5.82 Å². The van der Waals surface area contributed by atoms with E-state index < -0.39 is 0 Å². The molecule has 0 saturated carbocycles. The van der Waals surface area contributed by atoms with E-state index in [1.54, 1.807) is 35.5 Å². The van der Waals surface area contributed by atoms with Gasteiger partial charge >= 0.3 is 0 Å². The molecule has 0 spiro atoms. The van der Waals surface area contributed by atoms with Gasteiger partial charge in [-0.05, 0) is 30.9 Å². The van der Waals surface area contributed by atoms with Crippen LogP contribution in [0.2, 0.25) is 0 Å². The number of aromatic nitrogens is 3.